The minimum Gasteiger partial charge on any atom is -0.480 e. The molecule has 5 N–H and O–H groups in total. The Hall–Kier alpha value is -1.30. The van der Waals surface area contributed by atoms with Crippen molar-refractivity contribution < 1.29 is 19.4 Å². The third kappa shape index (κ3) is 15.9. The number of nitrogens with two attached hydrogens (primary N) is 2. The first-order chi connectivity index (χ1) is 5.41. The van der Waals surface area contributed by atoms with Gasteiger partial charge in [0, 0.05) is 0 Å². The molecule has 1 atom stereocenters. The Morgan fingerprint density at radius 2 is 1.92 bits per heavy atom. The number of primary amides is 1. The molecule has 0 fully saturated rings. The van der Waals surface area contributed by atoms with Gasteiger partial charge in [0.25, 0.3) is 0 Å². The zero-order chi connectivity index (χ0) is 10.1. The van der Waals surface area contributed by atoms with Crippen LogP contribution < -0.4 is 11.5 Å². The van der Waals surface area contributed by atoms with Crippen molar-refractivity contribution in [2.24, 2.45) is 11.5 Å². The van der Waals surface area contributed by atoms with Gasteiger partial charge in [-0.1, -0.05) is 0 Å². The van der Waals surface area contributed by atoms with Crippen LogP contribution in [0.2, 0.25) is 0 Å². The number of carbonyl (C=O) groups is 2. The molecule has 0 heterocycles. The highest BCUT2D eigenvalue weighted by Gasteiger charge is 1.99. The summed E-state index contributed by atoms with van der Waals surface area (Å²) in [5.74, 6) is -0.963. The van der Waals surface area contributed by atoms with E-state index in [0.29, 0.717) is 6.61 Å². The van der Waals surface area contributed by atoms with Gasteiger partial charge < -0.3 is 21.3 Å². The van der Waals surface area contributed by atoms with Gasteiger partial charge >= 0.3 is 12.1 Å². The Balaban J connectivity index is 0. The van der Waals surface area contributed by atoms with Gasteiger partial charge in [-0.25, -0.2) is 4.79 Å². The smallest absolute Gasteiger partial charge is 0.404 e. The van der Waals surface area contributed by atoms with Gasteiger partial charge in [0.2, 0.25) is 0 Å². The lowest BCUT2D eigenvalue weighted by Crippen LogP contribution is -2.25. The molecule has 0 saturated heterocycles. The number of ether oxygens (including phenoxy) is 1. The van der Waals surface area contributed by atoms with Gasteiger partial charge in [0.1, 0.15) is 6.04 Å². The van der Waals surface area contributed by atoms with Crippen molar-refractivity contribution >= 4 is 12.1 Å². The lowest BCUT2D eigenvalue weighted by atomic mass is 10.4. The molecule has 0 aliphatic rings. The largest absolute Gasteiger partial charge is 0.480 e. The maximum Gasteiger partial charge on any atom is 0.404 e. The summed E-state index contributed by atoms with van der Waals surface area (Å²) in [6.07, 6.45) is -0.711. The van der Waals surface area contributed by atoms with Crippen LogP contribution >= 0.6 is 0 Å². The number of carbonyl (C=O) groups excluding carboxylic acids is 1. The first-order valence-corrected chi connectivity index (χ1v) is 3.32. The summed E-state index contributed by atoms with van der Waals surface area (Å²) in [5.41, 5.74) is 9.38. The Bertz CT molecular complexity index is 146. The highest BCUT2D eigenvalue weighted by Crippen LogP contribution is 1.68. The number of rotatable bonds is 2. The molecule has 0 aliphatic heterocycles. The predicted octanol–water partition coefficient (Wildman–Crippen LogP) is -0.480. The fourth-order valence-electron chi connectivity index (χ4n) is 0.142. The van der Waals surface area contributed by atoms with Gasteiger partial charge in [-0.05, 0) is 13.8 Å². The first kappa shape index (κ1) is 13.3. The van der Waals surface area contributed by atoms with E-state index in [-0.39, 0.29) is 0 Å². The molecule has 0 spiro atoms. The van der Waals surface area contributed by atoms with E-state index in [1.54, 1.807) is 6.92 Å². The van der Waals surface area contributed by atoms with Crippen LogP contribution in [0, 0.1) is 0 Å². The highest BCUT2D eigenvalue weighted by molar-refractivity contribution is 5.72. The van der Waals surface area contributed by atoms with E-state index >= 15 is 0 Å². The van der Waals surface area contributed by atoms with Crippen LogP contribution in [0.5, 0.6) is 0 Å². The fourth-order valence-corrected chi connectivity index (χ4v) is 0.142. The van der Waals surface area contributed by atoms with Crippen molar-refractivity contribution in [1.29, 1.82) is 0 Å². The number of hydrogen-bond acceptors (Lipinski definition) is 4. The lowest BCUT2D eigenvalue weighted by Gasteiger charge is -1.90. The Labute approximate surface area is 70.5 Å². The van der Waals surface area contributed by atoms with Crippen molar-refractivity contribution in [3.8, 4) is 0 Å². The van der Waals surface area contributed by atoms with Gasteiger partial charge in [-0.15, -0.1) is 0 Å². The molecule has 0 aromatic heterocycles. The molecule has 0 aromatic carbocycles. The third-order valence-corrected chi connectivity index (χ3v) is 0.676. The van der Waals surface area contributed by atoms with E-state index < -0.39 is 18.1 Å². The summed E-state index contributed by atoms with van der Waals surface area (Å²) in [6.45, 7) is 3.47. The number of amides is 1. The predicted molar refractivity (Wildman–Crippen MR) is 42.5 cm³/mol. The van der Waals surface area contributed by atoms with Crippen molar-refractivity contribution in [2.45, 2.75) is 19.9 Å². The molecule has 72 valence electrons. The van der Waals surface area contributed by atoms with Crippen LogP contribution in [0.15, 0.2) is 0 Å². The van der Waals surface area contributed by atoms with E-state index in [1.807, 2.05) is 0 Å². The van der Waals surface area contributed by atoms with Crippen LogP contribution in [0.3, 0.4) is 0 Å². The van der Waals surface area contributed by atoms with Gasteiger partial charge in [0.15, 0.2) is 0 Å². The van der Waals surface area contributed by atoms with E-state index in [4.69, 9.17) is 10.8 Å². The maximum atomic E-state index is 9.60. The van der Waals surface area contributed by atoms with Crippen LogP contribution in [0.1, 0.15) is 13.8 Å². The highest BCUT2D eigenvalue weighted by atomic mass is 16.5. The summed E-state index contributed by atoms with van der Waals surface area (Å²) >= 11 is 0. The van der Waals surface area contributed by atoms with Gasteiger partial charge in [-0.2, -0.15) is 0 Å². The van der Waals surface area contributed by atoms with Crippen molar-refractivity contribution in [3.05, 3.63) is 0 Å². The number of carboxylic acid groups (broad SMARTS) is 1. The molecule has 0 saturated carbocycles. The SMILES string of the molecule is CC(N)C(=O)O.CCOC(N)=O. The van der Waals surface area contributed by atoms with Gasteiger partial charge in [0.05, 0.1) is 6.61 Å². The zero-order valence-electron chi connectivity index (χ0n) is 7.11. The molecule has 0 aliphatic carbocycles. The number of carboxylic acids is 1. The minimum atomic E-state index is -0.963. The number of aliphatic carboxylic acids is 1. The second-order valence-electron chi connectivity index (χ2n) is 1.88. The van der Waals surface area contributed by atoms with E-state index in [1.165, 1.54) is 6.92 Å². The molecule has 0 rings (SSSR count). The second kappa shape index (κ2) is 7.80. The molecule has 0 aromatic rings. The van der Waals surface area contributed by atoms with Crippen LogP contribution in [-0.2, 0) is 9.53 Å². The van der Waals surface area contributed by atoms with E-state index in [2.05, 4.69) is 10.5 Å². The summed E-state index contributed by atoms with van der Waals surface area (Å²) in [4.78, 5) is 19.2. The number of hydrogen-bond donors (Lipinski definition) is 3. The Kier molecular flexibility index (Phi) is 8.65. The molecule has 1 amide bonds. The Morgan fingerprint density at radius 3 is 1.92 bits per heavy atom. The molecular formula is C6H14N2O4. The van der Waals surface area contributed by atoms with Crippen LogP contribution in [-0.4, -0.2) is 29.8 Å². The normalized spacial score (nSPS) is 10.6. The van der Waals surface area contributed by atoms with Crippen molar-refractivity contribution in [1.82, 2.24) is 0 Å². The topological polar surface area (TPSA) is 116 Å². The van der Waals surface area contributed by atoms with E-state index in [9.17, 15) is 9.59 Å². The summed E-state index contributed by atoms with van der Waals surface area (Å²) in [7, 11) is 0. The monoisotopic (exact) mass is 178 g/mol. The van der Waals surface area contributed by atoms with Gasteiger partial charge in [-0.3, -0.25) is 4.79 Å². The minimum absolute atomic E-state index is 0.356. The summed E-state index contributed by atoms with van der Waals surface area (Å²) in [5, 5.41) is 7.87. The molecule has 12 heavy (non-hydrogen) atoms. The third-order valence-electron chi connectivity index (χ3n) is 0.676. The average Bonchev–Trinajstić information content (AvgIpc) is 1.87. The first-order valence-electron chi connectivity index (χ1n) is 3.32. The zero-order valence-corrected chi connectivity index (χ0v) is 7.11. The Morgan fingerprint density at radius 1 is 1.58 bits per heavy atom. The molecule has 0 radical (unpaired) electrons. The van der Waals surface area contributed by atoms with E-state index in [0.717, 1.165) is 0 Å². The quantitative estimate of drug-likeness (QED) is 0.528. The molecule has 1 unspecified atom stereocenters. The van der Waals surface area contributed by atoms with Crippen LogP contribution in [0.4, 0.5) is 4.79 Å². The maximum absolute atomic E-state index is 9.60. The van der Waals surface area contributed by atoms with Crippen LogP contribution in [0.25, 0.3) is 0 Å². The summed E-state index contributed by atoms with van der Waals surface area (Å²) < 4.78 is 4.18. The molecule has 6 nitrogen and oxygen atoms in total. The second-order valence-corrected chi connectivity index (χ2v) is 1.88. The molecule has 0 bridgehead atoms. The average molecular weight is 178 g/mol. The molecule has 6 heteroatoms. The van der Waals surface area contributed by atoms with Crippen molar-refractivity contribution in [3.63, 3.8) is 0 Å². The lowest BCUT2D eigenvalue weighted by molar-refractivity contribution is -0.138. The standard InChI is InChI=1S/2C3H7NO2/c1-2-6-3(4)5;1-2(4)3(5)6/h2H2,1H3,(H2,4,5);2H,4H2,1H3,(H,5,6). The molecular weight excluding hydrogens is 164 g/mol. The van der Waals surface area contributed by atoms with Crippen molar-refractivity contribution in [2.75, 3.05) is 6.61 Å². The fraction of sp³-hybridized carbons (Fsp3) is 0.667. The summed E-state index contributed by atoms with van der Waals surface area (Å²) in [6, 6.07) is -0.731.